The van der Waals surface area contributed by atoms with E-state index in [1.807, 2.05) is 13.8 Å². The van der Waals surface area contributed by atoms with E-state index in [-0.39, 0.29) is 25.3 Å². The molecule has 39 heavy (non-hydrogen) atoms. The van der Waals surface area contributed by atoms with E-state index in [0.29, 0.717) is 11.1 Å². The molecule has 9 heteroatoms. The minimum atomic E-state index is -1.21. The number of hydrogen-bond acceptors (Lipinski definition) is 4. The molecule has 2 aromatic rings. The van der Waals surface area contributed by atoms with Crippen molar-refractivity contribution >= 4 is 23.8 Å². The summed E-state index contributed by atoms with van der Waals surface area (Å²) >= 11 is 0. The Morgan fingerprint density at radius 2 is 1.67 bits per heavy atom. The number of carbonyl (C=O) groups excluding carboxylic acids is 3. The first-order valence-corrected chi connectivity index (χ1v) is 12.8. The molecule has 2 N–H and O–H groups in total. The first kappa shape index (κ1) is 29.4. The quantitative estimate of drug-likeness (QED) is 0.370. The van der Waals surface area contributed by atoms with Gasteiger partial charge in [0, 0.05) is 18.2 Å². The Morgan fingerprint density at radius 3 is 2.26 bits per heavy atom. The summed E-state index contributed by atoms with van der Waals surface area (Å²) in [5.41, 5.74) is 0.503. The van der Waals surface area contributed by atoms with Crippen LogP contribution in [0.5, 0.6) is 0 Å². The third kappa shape index (κ3) is 7.02. The van der Waals surface area contributed by atoms with Crippen LogP contribution in [0.15, 0.2) is 48.5 Å². The van der Waals surface area contributed by atoms with E-state index in [9.17, 15) is 23.6 Å². The fourth-order valence-electron chi connectivity index (χ4n) is 4.41. The van der Waals surface area contributed by atoms with Crippen molar-refractivity contribution in [3.63, 3.8) is 0 Å². The Labute approximate surface area is 228 Å². The number of amides is 4. The Hall–Kier alpha value is -4.19. The lowest BCUT2D eigenvalue weighted by atomic mass is 9.99. The number of urea groups is 1. The molecule has 0 saturated carbocycles. The molecule has 0 spiro atoms. The third-order valence-electron chi connectivity index (χ3n) is 6.54. The van der Waals surface area contributed by atoms with E-state index in [0.717, 1.165) is 10.5 Å². The van der Waals surface area contributed by atoms with Crippen LogP contribution in [0.2, 0.25) is 0 Å². The molecule has 1 saturated heterocycles. The van der Waals surface area contributed by atoms with Crippen LogP contribution in [-0.4, -0.2) is 56.3 Å². The molecule has 0 aromatic heterocycles. The molecule has 0 bridgehead atoms. The second-order valence-corrected chi connectivity index (χ2v) is 10.7. The summed E-state index contributed by atoms with van der Waals surface area (Å²) in [4.78, 5) is 53.7. The molecular weight excluding hydrogens is 501 g/mol. The summed E-state index contributed by atoms with van der Waals surface area (Å²) in [5, 5.41) is 11.7. The monoisotopic (exact) mass is 535 g/mol. The van der Waals surface area contributed by atoms with E-state index in [1.165, 1.54) is 11.0 Å². The van der Waals surface area contributed by atoms with Crippen molar-refractivity contribution in [2.24, 2.45) is 5.92 Å². The first-order valence-electron chi connectivity index (χ1n) is 12.8. The predicted molar refractivity (Wildman–Crippen MR) is 144 cm³/mol. The van der Waals surface area contributed by atoms with Gasteiger partial charge in [-0.15, -0.1) is 0 Å². The number of carbonyl (C=O) groups is 4. The molecule has 4 amide bonds. The van der Waals surface area contributed by atoms with Crippen LogP contribution < -0.4 is 5.32 Å². The molecule has 0 radical (unpaired) electrons. The number of halogens is 1. The number of benzene rings is 2. The van der Waals surface area contributed by atoms with Gasteiger partial charge in [-0.1, -0.05) is 50.0 Å². The Morgan fingerprint density at radius 1 is 1.03 bits per heavy atom. The van der Waals surface area contributed by atoms with Gasteiger partial charge in [-0.2, -0.15) is 0 Å². The lowest BCUT2D eigenvalue weighted by Gasteiger charge is -2.28. The number of imide groups is 1. The normalized spacial score (nSPS) is 16.1. The Kier molecular flexibility index (Phi) is 9.12. The maximum atomic E-state index is 13.8. The summed E-state index contributed by atoms with van der Waals surface area (Å²) in [5.74, 6) is 3.20. The summed E-state index contributed by atoms with van der Waals surface area (Å²) in [7, 11) is 0. The number of rotatable bonds is 9. The minimum Gasteiger partial charge on any atom is -0.481 e. The van der Waals surface area contributed by atoms with Crippen molar-refractivity contribution in [1.29, 1.82) is 0 Å². The lowest BCUT2D eigenvalue weighted by molar-refractivity contribution is -0.140. The highest BCUT2D eigenvalue weighted by atomic mass is 19.1. The third-order valence-corrected chi connectivity index (χ3v) is 6.54. The molecule has 3 rings (SSSR count). The molecule has 1 aliphatic rings. The van der Waals surface area contributed by atoms with Gasteiger partial charge in [0.05, 0.1) is 12.0 Å². The molecule has 8 nitrogen and oxygen atoms in total. The molecule has 1 aliphatic heterocycles. The van der Waals surface area contributed by atoms with Crippen molar-refractivity contribution in [2.45, 2.75) is 71.6 Å². The van der Waals surface area contributed by atoms with Gasteiger partial charge in [0.2, 0.25) is 5.91 Å². The molecular formula is C30H34FN3O5. The zero-order chi connectivity index (χ0) is 28.9. The zero-order valence-corrected chi connectivity index (χ0v) is 22.8. The topological polar surface area (TPSA) is 107 Å². The van der Waals surface area contributed by atoms with Gasteiger partial charge in [-0.05, 0) is 62.9 Å². The average Bonchev–Trinajstić information content (AvgIpc) is 3.01. The number of hydrogen-bond donors (Lipinski definition) is 2. The number of nitrogens with zero attached hydrogens (tertiary/aromatic N) is 2. The van der Waals surface area contributed by atoms with Crippen molar-refractivity contribution in [3.8, 4) is 11.8 Å². The largest absolute Gasteiger partial charge is 0.481 e. The van der Waals surface area contributed by atoms with E-state index >= 15 is 0 Å². The van der Waals surface area contributed by atoms with Gasteiger partial charge in [0.15, 0.2) is 0 Å². The van der Waals surface area contributed by atoms with E-state index in [1.54, 1.807) is 63.2 Å². The fraction of sp³-hybridized carbons (Fsp3) is 0.400. The maximum Gasteiger partial charge on any atom is 0.328 e. The van der Waals surface area contributed by atoms with Gasteiger partial charge >= 0.3 is 12.0 Å². The van der Waals surface area contributed by atoms with Crippen LogP contribution in [0.4, 0.5) is 9.18 Å². The molecule has 1 fully saturated rings. The van der Waals surface area contributed by atoms with Gasteiger partial charge in [-0.25, -0.2) is 14.1 Å². The minimum absolute atomic E-state index is 0.00805. The van der Waals surface area contributed by atoms with Crippen LogP contribution >= 0.6 is 0 Å². The van der Waals surface area contributed by atoms with Crippen LogP contribution in [0.3, 0.4) is 0 Å². The van der Waals surface area contributed by atoms with Crippen molar-refractivity contribution < 1.29 is 28.7 Å². The second kappa shape index (κ2) is 12.1. The van der Waals surface area contributed by atoms with E-state index in [2.05, 4.69) is 17.2 Å². The van der Waals surface area contributed by atoms with Crippen LogP contribution in [-0.2, 0) is 20.9 Å². The fourth-order valence-corrected chi connectivity index (χ4v) is 4.41. The van der Waals surface area contributed by atoms with Gasteiger partial charge < -0.3 is 15.3 Å². The SMILES string of the molecule is CC(C)C[C@H](C(=O)N[C@H](C)CC(=O)O)N1C(=O)N(Cc2ccc(C#Cc3ccccc3F)cc2)C(C)(C)C1=O. The molecule has 2 atom stereocenters. The van der Waals surface area contributed by atoms with Crippen molar-refractivity contribution in [2.75, 3.05) is 0 Å². The summed E-state index contributed by atoms with van der Waals surface area (Å²) < 4.78 is 13.8. The smallest absolute Gasteiger partial charge is 0.328 e. The first-order chi connectivity index (χ1) is 18.3. The summed E-state index contributed by atoms with van der Waals surface area (Å²) in [6.45, 7) is 8.72. The zero-order valence-electron chi connectivity index (χ0n) is 22.8. The number of carboxylic acids is 1. The average molecular weight is 536 g/mol. The number of nitrogens with one attached hydrogen (secondary N) is 1. The molecule has 206 valence electrons. The van der Waals surface area contributed by atoms with Gasteiger partial charge in [0.1, 0.15) is 17.4 Å². The maximum absolute atomic E-state index is 13.8. The summed E-state index contributed by atoms with van der Waals surface area (Å²) in [6, 6.07) is 11.0. The van der Waals surface area contributed by atoms with Crippen LogP contribution in [0.25, 0.3) is 0 Å². The molecule has 0 unspecified atom stereocenters. The van der Waals surface area contributed by atoms with Crippen LogP contribution in [0.1, 0.15) is 64.2 Å². The lowest BCUT2D eigenvalue weighted by Crippen LogP contribution is -2.53. The molecule has 0 aliphatic carbocycles. The Balaban J connectivity index is 1.80. The van der Waals surface area contributed by atoms with Gasteiger partial charge in [0.25, 0.3) is 5.91 Å². The summed E-state index contributed by atoms with van der Waals surface area (Å²) in [6.07, 6.45) is -0.0390. The molecule has 2 aromatic carbocycles. The second-order valence-electron chi connectivity index (χ2n) is 10.7. The van der Waals surface area contributed by atoms with Gasteiger partial charge in [-0.3, -0.25) is 14.4 Å². The number of aliphatic carboxylic acids is 1. The highest BCUT2D eigenvalue weighted by Gasteiger charge is 2.54. The van der Waals surface area contributed by atoms with Crippen molar-refractivity contribution in [3.05, 3.63) is 71.0 Å². The highest BCUT2D eigenvalue weighted by molar-refractivity contribution is 6.09. The standard InChI is InChI=1S/C30H34FN3O5/c1-19(2)16-25(27(37)32-20(3)17-26(35)36)34-28(38)30(4,5)33(29(34)39)18-22-12-10-21(11-13-22)14-15-23-8-6-7-9-24(23)31/h6-13,19-20,25H,16-18H2,1-5H3,(H,32,37)(H,35,36)/t20-,25-/m1/s1. The van der Waals surface area contributed by atoms with Crippen LogP contribution in [0, 0.1) is 23.6 Å². The predicted octanol–water partition coefficient (Wildman–Crippen LogP) is 4.16. The van der Waals surface area contributed by atoms with E-state index < -0.39 is 47.3 Å². The van der Waals surface area contributed by atoms with Crippen molar-refractivity contribution in [1.82, 2.24) is 15.1 Å². The molecule has 1 heterocycles. The number of carboxylic acid groups (broad SMARTS) is 1. The Bertz CT molecular complexity index is 1310. The highest BCUT2D eigenvalue weighted by Crippen LogP contribution is 2.32. The van der Waals surface area contributed by atoms with E-state index in [4.69, 9.17) is 5.11 Å².